The van der Waals surface area contributed by atoms with Crippen molar-refractivity contribution >= 4 is 41.1 Å². The number of β-lactam (4-membered cyclic amide) rings is 1. The van der Waals surface area contributed by atoms with E-state index in [0.29, 0.717) is 37.4 Å². The molecule has 5 rings (SSSR count). The van der Waals surface area contributed by atoms with E-state index < -0.39 is 53.6 Å². The smallest absolute Gasteiger partial charge is 0.326 e. The molecule has 6 N–H and O–H groups in total. The molecule has 0 aliphatic carbocycles. The third-order valence-electron chi connectivity index (χ3n) is 8.30. The Hall–Kier alpha value is -4.66. The number of nitrogens with zero attached hydrogens (tertiary/aromatic N) is 1. The highest BCUT2D eigenvalue weighted by Gasteiger charge is 2.49. The van der Waals surface area contributed by atoms with E-state index >= 15 is 0 Å². The largest absolute Gasteiger partial charge is 0.493 e. The van der Waals surface area contributed by atoms with Crippen LogP contribution in [0, 0.1) is 5.82 Å². The van der Waals surface area contributed by atoms with Gasteiger partial charge in [0.15, 0.2) is 6.61 Å². The van der Waals surface area contributed by atoms with Crippen molar-refractivity contribution in [1.29, 1.82) is 0 Å². The fourth-order valence-corrected chi connectivity index (χ4v) is 6.98. The average Bonchev–Trinajstić information content (AvgIpc) is 3.57. The second-order valence-corrected chi connectivity index (χ2v) is 12.9. The lowest BCUT2D eigenvalue weighted by molar-refractivity contribution is -0.142. The summed E-state index contributed by atoms with van der Waals surface area (Å²) in [6.45, 7) is 0.237. The van der Waals surface area contributed by atoms with Crippen LogP contribution in [0.4, 0.5) is 10.1 Å². The van der Waals surface area contributed by atoms with Crippen LogP contribution in [0.1, 0.15) is 48.1 Å². The van der Waals surface area contributed by atoms with Crippen LogP contribution in [0.25, 0.3) is 0 Å². The average molecular weight is 695 g/mol. The van der Waals surface area contributed by atoms with Gasteiger partial charge in [-0.2, -0.15) is 0 Å². The Morgan fingerprint density at radius 1 is 1.06 bits per heavy atom. The lowest BCUT2D eigenvalue weighted by atomic mass is 9.92. The molecule has 0 bridgehead atoms. The summed E-state index contributed by atoms with van der Waals surface area (Å²) in [6.07, 6.45) is 1.40. The minimum Gasteiger partial charge on any atom is -0.493 e. The molecule has 12 nitrogen and oxygen atoms in total. The van der Waals surface area contributed by atoms with Gasteiger partial charge >= 0.3 is 5.97 Å². The van der Waals surface area contributed by atoms with E-state index in [-0.39, 0.29) is 24.7 Å². The number of rotatable bonds is 17. The van der Waals surface area contributed by atoms with Gasteiger partial charge in [0.2, 0.25) is 11.8 Å². The van der Waals surface area contributed by atoms with E-state index in [1.165, 1.54) is 23.9 Å². The van der Waals surface area contributed by atoms with Gasteiger partial charge in [0.1, 0.15) is 28.6 Å². The molecule has 49 heavy (non-hydrogen) atoms. The fraction of sp³-hybridized carbons (Fsp3) is 0.371. The Morgan fingerprint density at radius 2 is 1.82 bits per heavy atom. The van der Waals surface area contributed by atoms with E-state index in [0.717, 1.165) is 28.9 Å². The van der Waals surface area contributed by atoms with Crippen LogP contribution in [0.3, 0.4) is 0 Å². The fourth-order valence-electron chi connectivity index (χ4n) is 5.68. The SMILES string of the molecule is NCCCC[C@@H](NC(=O)CNC(=O)COc1ccc([C@@H]2[C@@H](SCC(O)c3ccc4c(c3)CCO4)C(=O)N2c2ccc(F)cc2)cc1)C(=O)O. The van der Waals surface area contributed by atoms with Crippen LogP contribution in [-0.4, -0.2) is 77.3 Å². The summed E-state index contributed by atoms with van der Waals surface area (Å²) in [5.74, 6) is -1.49. The van der Waals surface area contributed by atoms with Crippen molar-refractivity contribution in [2.75, 3.05) is 37.0 Å². The molecule has 14 heteroatoms. The Kier molecular flexibility index (Phi) is 12.1. The molecule has 3 aromatic carbocycles. The van der Waals surface area contributed by atoms with Crippen molar-refractivity contribution in [3.8, 4) is 11.5 Å². The van der Waals surface area contributed by atoms with Crippen LogP contribution >= 0.6 is 11.8 Å². The van der Waals surface area contributed by atoms with E-state index in [4.69, 9.17) is 15.2 Å². The number of aliphatic carboxylic acids is 1. The molecule has 0 radical (unpaired) electrons. The minimum absolute atomic E-state index is 0.164. The highest BCUT2D eigenvalue weighted by atomic mass is 32.2. The molecular formula is C35H39FN4O8S. The first-order valence-corrected chi connectivity index (χ1v) is 17.0. The number of anilines is 1. The first kappa shape index (κ1) is 35.6. The number of carbonyl (C=O) groups is 4. The third-order valence-corrected chi connectivity index (χ3v) is 9.63. The van der Waals surface area contributed by atoms with Crippen molar-refractivity contribution in [2.24, 2.45) is 5.73 Å². The number of nitrogens with two attached hydrogens (primary N) is 1. The number of hydrogen-bond donors (Lipinski definition) is 5. The molecule has 0 aromatic heterocycles. The Bertz CT molecular complexity index is 1640. The van der Waals surface area contributed by atoms with E-state index in [1.54, 1.807) is 41.3 Å². The molecule has 0 saturated carbocycles. The maximum atomic E-state index is 13.7. The van der Waals surface area contributed by atoms with Gasteiger partial charge in [-0.25, -0.2) is 9.18 Å². The molecule has 1 saturated heterocycles. The third kappa shape index (κ3) is 9.08. The number of halogens is 1. The quantitative estimate of drug-likeness (QED) is 0.104. The molecule has 260 valence electrons. The van der Waals surface area contributed by atoms with Gasteiger partial charge in [0.25, 0.3) is 5.91 Å². The molecule has 4 atom stereocenters. The maximum absolute atomic E-state index is 13.7. The lowest BCUT2D eigenvalue weighted by Gasteiger charge is -2.47. The number of benzene rings is 3. The van der Waals surface area contributed by atoms with Crippen LogP contribution < -0.4 is 30.7 Å². The number of nitrogens with one attached hydrogen (secondary N) is 2. The molecule has 1 fully saturated rings. The van der Waals surface area contributed by atoms with Crippen LogP contribution in [0.5, 0.6) is 11.5 Å². The maximum Gasteiger partial charge on any atom is 0.326 e. The summed E-state index contributed by atoms with van der Waals surface area (Å²) in [6, 6.07) is 16.7. The predicted molar refractivity (Wildman–Crippen MR) is 181 cm³/mol. The number of thioether (sulfide) groups is 1. The number of carboxylic acid groups (broad SMARTS) is 1. The van der Waals surface area contributed by atoms with Crippen molar-refractivity contribution in [2.45, 2.75) is 49.1 Å². The topological polar surface area (TPSA) is 181 Å². The van der Waals surface area contributed by atoms with Crippen molar-refractivity contribution in [3.05, 3.63) is 89.2 Å². The number of hydrogen-bond acceptors (Lipinski definition) is 9. The number of unbranched alkanes of at least 4 members (excludes halogenated alkanes) is 1. The normalized spacial score (nSPS) is 17.7. The number of amides is 3. The van der Waals surface area contributed by atoms with Crippen molar-refractivity contribution < 1.29 is 43.3 Å². The number of aliphatic hydroxyl groups is 1. The Morgan fingerprint density at radius 3 is 2.53 bits per heavy atom. The van der Waals surface area contributed by atoms with Crippen LogP contribution in [0.2, 0.25) is 0 Å². The summed E-state index contributed by atoms with van der Waals surface area (Å²) < 4.78 is 24.8. The van der Waals surface area contributed by atoms with E-state index in [1.807, 2.05) is 18.2 Å². The molecule has 0 spiro atoms. The summed E-state index contributed by atoms with van der Waals surface area (Å²) in [4.78, 5) is 50.9. The lowest BCUT2D eigenvalue weighted by Crippen LogP contribution is -2.57. The molecule has 2 aliphatic rings. The van der Waals surface area contributed by atoms with Gasteiger partial charge in [0, 0.05) is 17.9 Å². The summed E-state index contributed by atoms with van der Waals surface area (Å²) in [7, 11) is 0. The molecule has 3 aromatic rings. The second-order valence-electron chi connectivity index (χ2n) is 11.7. The van der Waals surface area contributed by atoms with Crippen molar-refractivity contribution in [3.63, 3.8) is 0 Å². The first-order chi connectivity index (χ1) is 23.6. The van der Waals surface area contributed by atoms with Gasteiger partial charge in [0.05, 0.1) is 25.3 Å². The zero-order valence-corrected chi connectivity index (χ0v) is 27.5. The van der Waals surface area contributed by atoms with Crippen LogP contribution in [0.15, 0.2) is 66.7 Å². The first-order valence-electron chi connectivity index (χ1n) is 16.0. The zero-order valence-electron chi connectivity index (χ0n) is 26.7. The summed E-state index contributed by atoms with van der Waals surface area (Å²) in [5.41, 5.74) is 8.55. The van der Waals surface area contributed by atoms with Gasteiger partial charge in [-0.15, -0.1) is 11.8 Å². The molecule has 2 aliphatic heterocycles. The van der Waals surface area contributed by atoms with Gasteiger partial charge in [-0.3, -0.25) is 14.4 Å². The number of carbonyl (C=O) groups excluding carboxylic acids is 3. The predicted octanol–water partition coefficient (Wildman–Crippen LogP) is 2.88. The standard InChI is InChI=1S/C35H39FN4O8S/c36-24-7-9-25(10-8-24)40-32(33(34(40)44)49-20-28(41)22-6-13-29-23(17-22)14-16-47-29)21-4-11-26(12-5-21)48-19-31(43)38-18-30(42)39-27(35(45)46)3-1-2-15-37/h4-13,17,27-28,32-33,41H,1-3,14-16,18-20,37H2,(H,38,43)(H,39,42)(H,45,46)/t27-,28?,32-,33-/m1/s1. The summed E-state index contributed by atoms with van der Waals surface area (Å²) >= 11 is 1.35. The monoisotopic (exact) mass is 694 g/mol. The Labute approximate surface area is 287 Å². The zero-order chi connectivity index (χ0) is 34.9. The number of ether oxygens (including phenoxy) is 2. The van der Waals surface area contributed by atoms with Gasteiger partial charge in [-0.1, -0.05) is 18.2 Å². The number of fused-ring (bicyclic) bond motifs is 1. The highest BCUT2D eigenvalue weighted by molar-refractivity contribution is 8.00. The molecular weight excluding hydrogens is 655 g/mol. The molecule has 3 amide bonds. The minimum atomic E-state index is -1.16. The van der Waals surface area contributed by atoms with E-state index in [9.17, 15) is 33.8 Å². The van der Waals surface area contributed by atoms with Crippen LogP contribution in [-0.2, 0) is 25.6 Å². The number of carboxylic acids is 1. The van der Waals surface area contributed by atoms with Gasteiger partial charge in [-0.05, 0) is 91.0 Å². The second kappa shape index (κ2) is 16.6. The molecule has 2 heterocycles. The number of aliphatic hydroxyl groups excluding tert-OH is 1. The Balaban J connectivity index is 1.17. The van der Waals surface area contributed by atoms with Gasteiger partial charge < -0.3 is 41.0 Å². The molecule has 1 unspecified atom stereocenters. The highest BCUT2D eigenvalue weighted by Crippen LogP contribution is 2.46. The van der Waals surface area contributed by atoms with E-state index in [2.05, 4.69) is 10.6 Å². The summed E-state index contributed by atoms with van der Waals surface area (Å²) in [5, 5.41) is 24.6. The van der Waals surface area contributed by atoms with Crippen molar-refractivity contribution in [1.82, 2.24) is 10.6 Å².